The van der Waals surface area contributed by atoms with Crippen LogP contribution in [0.2, 0.25) is 0 Å². The van der Waals surface area contributed by atoms with Crippen LogP contribution in [0, 0.1) is 0 Å². The highest BCUT2D eigenvalue weighted by Gasteiger charge is 2.22. The van der Waals surface area contributed by atoms with Gasteiger partial charge in [-0.3, -0.25) is 4.57 Å². The number of benzene rings is 9. The lowest BCUT2D eigenvalue weighted by molar-refractivity contribution is 0.645. The van der Waals surface area contributed by atoms with E-state index in [0.29, 0.717) is 0 Å². The maximum absolute atomic E-state index is 6.63. The van der Waals surface area contributed by atoms with Gasteiger partial charge in [0.05, 0.1) is 22.0 Å². The molecule has 3 aromatic heterocycles. The van der Waals surface area contributed by atoms with Crippen LogP contribution >= 0.6 is 0 Å². The first-order valence-corrected chi connectivity index (χ1v) is 19.7. The van der Waals surface area contributed by atoms with Crippen LogP contribution in [0.1, 0.15) is 0 Å². The van der Waals surface area contributed by atoms with Crippen LogP contribution in [0.3, 0.4) is 0 Å². The van der Waals surface area contributed by atoms with E-state index in [1.807, 2.05) is 18.2 Å². The molecule has 4 nitrogen and oxygen atoms in total. The molecule has 0 radical (unpaired) electrons. The standard InChI is InChI=1S/C54H34N2O2/c1-2-14-39(15-3-1)56-47-20-8-6-17-44(47)52-46-34-38(28-33-50(46)58-54(52)56)35-24-29-40(30-25-35)55(48-21-11-23-51-53(48)45-18-7-9-22-49(45)57-51)41-31-26-37(27-32-41)43-19-10-13-36-12-4-5-16-42(36)43/h1-34H. The molecule has 0 aliphatic carbocycles. The van der Waals surface area contributed by atoms with Crippen molar-refractivity contribution in [3.63, 3.8) is 0 Å². The van der Waals surface area contributed by atoms with Gasteiger partial charge in [0, 0.05) is 33.2 Å². The predicted octanol–water partition coefficient (Wildman–Crippen LogP) is 15.4. The number of fused-ring (bicyclic) bond motifs is 9. The fourth-order valence-electron chi connectivity index (χ4n) is 8.94. The van der Waals surface area contributed by atoms with Crippen molar-refractivity contribution in [2.24, 2.45) is 0 Å². The van der Waals surface area contributed by atoms with E-state index < -0.39 is 0 Å². The molecule has 12 aromatic rings. The number of hydrogen-bond acceptors (Lipinski definition) is 3. The summed E-state index contributed by atoms with van der Waals surface area (Å²) < 4.78 is 15.2. The summed E-state index contributed by atoms with van der Waals surface area (Å²) in [6.45, 7) is 0. The SMILES string of the molecule is c1ccc(-n2c3ccccc3c3c4cc(-c5ccc(N(c6ccc(-c7cccc8ccccc78)cc6)c6cccc7oc8ccccc8c67)cc5)ccc4oc32)cc1. The van der Waals surface area contributed by atoms with Gasteiger partial charge in [0.15, 0.2) is 0 Å². The molecule has 0 amide bonds. The van der Waals surface area contributed by atoms with E-state index in [1.165, 1.54) is 27.3 Å². The number of aromatic nitrogens is 1. The van der Waals surface area contributed by atoms with E-state index in [2.05, 4.69) is 198 Å². The first-order valence-electron chi connectivity index (χ1n) is 19.7. The van der Waals surface area contributed by atoms with Crippen molar-refractivity contribution in [1.29, 1.82) is 0 Å². The summed E-state index contributed by atoms with van der Waals surface area (Å²) >= 11 is 0. The second-order valence-corrected chi connectivity index (χ2v) is 14.9. The van der Waals surface area contributed by atoms with Gasteiger partial charge < -0.3 is 13.7 Å². The fourth-order valence-corrected chi connectivity index (χ4v) is 8.94. The van der Waals surface area contributed by atoms with E-state index in [1.54, 1.807) is 0 Å². The van der Waals surface area contributed by atoms with Crippen molar-refractivity contribution in [2.75, 3.05) is 4.90 Å². The van der Waals surface area contributed by atoms with Crippen LogP contribution in [0.5, 0.6) is 0 Å². The summed E-state index contributed by atoms with van der Waals surface area (Å²) in [4.78, 5) is 2.35. The van der Waals surface area contributed by atoms with Gasteiger partial charge in [-0.2, -0.15) is 0 Å². The van der Waals surface area contributed by atoms with Gasteiger partial charge in [0.1, 0.15) is 16.7 Å². The number of nitrogens with zero attached hydrogens (tertiary/aromatic N) is 2. The Morgan fingerprint density at radius 1 is 0.379 bits per heavy atom. The maximum Gasteiger partial charge on any atom is 0.213 e. The molecule has 0 unspecified atom stereocenters. The quantitative estimate of drug-likeness (QED) is 0.170. The van der Waals surface area contributed by atoms with Gasteiger partial charge in [-0.05, 0) is 106 Å². The maximum atomic E-state index is 6.63. The zero-order valence-electron chi connectivity index (χ0n) is 31.3. The van der Waals surface area contributed by atoms with Crippen LogP contribution in [0.25, 0.3) is 93.6 Å². The van der Waals surface area contributed by atoms with Crippen LogP contribution < -0.4 is 4.90 Å². The number of hydrogen-bond donors (Lipinski definition) is 0. The van der Waals surface area contributed by atoms with Crippen LogP contribution in [0.15, 0.2) is 215 Å². The number of anilines is 3. The third kappa shape index (κ3) is 5.02. The van der Waals surface area contributed by atoms with Crippen molar-refractivity contribution < 1.29 is 8.83 Å². The van der Waals surface area contributed by atoms with E-state index in [0.717, 1.165) is 83.4 Å². The van der Waals surface area contributed by atoms with Crippen molar-refractivity contribution in [3.8, 4) is 27.9 Å². The van der Waals surface area contributed by atoms with Gasteiger partial charge in [0.2, 0.25) is 5.71 Å². The molecule has 9 aromatic carbocycles. The number of para-hydroxylation sites is 3. The molecule has 0 atom stereocenters. The summed E-state index contributed by atoms with van der Waals surface area (Å²) in [5.74, 6) is 0. The van der Waals surface area contributed by atoms with Crippen LogP contribution in [-0.4, -0.2) is 4.57 Å². The molecule has 58 heavy (non-hydrogen) atoms. The lowest BCUT2D eigenvalue weighted by Crippen LogP contribution is -2.10. The molecule has 12 rings (SSSR count). The van der Waals surface area contributed by atoms with Crippen LogP contribution in [-0.2, 0) is 0 Å². The van der Waals surface area contributed by atoms with E-state index in [9.17, 15) is 0 Å². The molecule has 3 heterocycles. The summed E-state index contributed by atoms with van der Waals surface area (Å²) in [6.07, 6.45) is 0. The average molecular weight is 743 g/mol. The Kier molecular flexibility index (Phi) is 7.20. The molecule has 0 fully saturated rings. The Morgan fingerprint density at radius 3 is 1.83 bits per heavy atom. The molecule has 4 heteroatoms. The molecule has 0 aliphatic heterocycles. The summed E-state index contributed by atoms with van der Waals surface area (Å²) in [6, 6.07) is 73.1. The highest BCUT2D eigenvalue weighted by atomic mass is 16.3. The van der Waals surface area contributed by atoms with Crippen molar-refractivity contribution in [3.05, 3.63) is 206 Å². The Hall–Kier alpha value is -7.82. The van der Waals surface area contributed by atoms with E-state index >= 15 is 0 Å². The summed E-state index contributed by atoms with van der Waals surface area (Å²) in [7, 11) is 0. The molecule has 272 valence electrons. The smallest absolute Gasteiger partial charge is 0.213 e. The fraction of sp³-hybridized carbons (Fsp3) is 0. The Bertz CT molecular complexity index is 3490. The molecule has 0 saturated carbocycles. The second kappa shape index (κ2) is 12.9. The molecular formula is C54H34N2O2. The Morgan fingerprint density at radius 2 is 1.00 bits per heavy atom. The largest absolute Gasteiger partial charge is 0.456 e. The normalized spacial score (nSPS) is 11.8. The molecule has 0 N–H and O–H groups in total. The Balaban J connectivity index is 0.989. The van der Waals surface area contributed by atoms with E-state index in [4.69, 9.17) is 8.83 Å². The molecule has 0 bridgehead atoms. The lowest BCUT2D eigenvalue weighted by atomic mass is 9.98. The van der Waals surface area contributed by atoms with Gasteiger partial charge in [0.25, 0.3) is 0 Å². The van der Waals surface area contributed by atoms with Crippen LogP contribution in [0.4, 0.5) is 17.1 Å². The van der Waals surface area contributed by atoms with E-state index in [-0.39, 0.29) is 0 Å². The molecule has 0 spiro atoms. The van der Waals surface area contributed by atoms with Gasteiger partial charge in [-0.25, -0.2) is 0 Å². The topological polar surface area (TPSA) is 34.5 Å². The zero-order valence-corrected chi connectivity index (χ0v) is 31.3. The number of rotatable bonds is 6. The average Bonchev–Trinajstić information content (AvgIpc) is 3.96. The van der Waals surface area contributed by atoms with Crippen molar-refractivity contribution >= 4 is 82.7 Å². The predicted molar refractivity (Wildman–Crippen MR) is 241 cm³/mol. The highest BCUT2D eigenvalue weighted by molar-refractivity contribution is 6.20. The minimum absolute atomic E-state index is 0.859. The monoisotopic (exact) mass is 742 g/mol. The minimum Gasteiger partial charge on any atom is -0.456 e. The first-order chi connectivity index (χ1) is 28.8. The third-order valence-corrected chi connectivity index (χ3v) is 11.6. The first kappa shape index (κ1) is 32.4. The summed E-state index contributed by atoms with van der Waals surface area (Å²) in [5.41, 5.74) is 13.5. The number of furan rings is 2. The van der Waals surface area contributed by atoms with Crippen molar-refractivity contribution in [1.82, 2.24) is 4.57 Å². The van der Waals surface area contributed by atoms with Gasteiger partial charge in [-0.15, -0.1) is 0 Å². The highest BCUT2D eigenvalue weighted by Crippen LogP contribution is 2.45. The summed E-state index contributed by atoms with van der Waals surface area (Å²) in [5, 5.41) is 8.08. The molecule has 0 aliphatic rings. The molecular weight excluding hydrogens is 709 g/mol. The minimum atomic E-state index is 0.859. The van der Waals surface area contributed by atoms with Gasteiger partial charge in [-0.1, -0.05) is 133 Å². The second-order valence-electron chi connectivity index (χ2n) is 14.9. The zero-order chi connectivity index (χ0) is 38.2. The third-order valence-electron chi connectivity index (χ3n) is 11.6. The lowest BCUT2D eigenvalue weighted by Gasteiger charge is -2.26. The molecule has 0 saturated heterocycles. The van der Waals surface area contributed by atoms with Gasteiger partial charge >= 0.3 is 0 Å². The Labute approximate surface area is 334 Å². The van der Waals surface area contributed by atoms with Crippen molar-refractivity contribution in [2.45, 2.75) is 0 Å².